The number of halogens is 3. The van der Waals surface area contributed by atoms with Crippen molar-refractivity contribution in [3.8, 4) is 5.75 Å². The van der Waals surface area contributed by atoms with Crippen LogP contribution >= 0.6 is 0 Å². The van der Waals surface area contributed by atoms with E-state index in [1.54, 1.807) is 6.07 Å². The zero-order valence-electron chi connectivity index (χ0n) is 17.6. The maximum Gasteiger partial charge on any atom is 0.416 e. The number of hydrogen-bond acceptors (Lipinski definition) is 4. The number of aliphatic hydroxyl groups is 1. The number of fused-ring (bicyclic) bond motifs is 1. The summed E-state index contributed by atoms with van der Waals surface area (Å²) < 4.78 is 44.2. The van der Waals surface area contributed by atoms with Gasteiger partial charge in [-0.25, -0.2) is 4.79 Å². The molecule has 2 N–H and O–H groups in total. The largest absolute Gasteiger partial charge is 0.490 e. The first-order valence-corrected chi connectivity index (χ1v) is 10.2. The number of carbonyl (C=O) groups is 2. The molecular formula is C24H21F3N2O4. The van der Waals surface area contributed by atoms with Crippen LogP contribution in [0.15, 0.2) is 66.7 Å². The molecule has 3 amide bonds. The fourth-order valence-electron chi connectivity index (χ4n) is 3.82. The Bertz CT molecular complexity index is 1190. The van der Waals surface area contributed by atoms with Gasteiger partial charge in [0.15, 0.2) is 0 Å². The summed E-state index contributed by atoms with van der Waals surface area (Å²) in [6.45, 7) is 0.919. The van der Waals surface area contributed by atoms with E-state index in [2.05, 4.69) is 5.32 Å². The standard InChI is InChI=1S/C24H21F3N2O4/c1-23(16-9-11-17(12-10-16)24(25,26)27)21(31)29(22(32)28-23)13-18(30)14-33-20-8-4-6-15-5-2-3-7-19(15)20/h2-12,18,30H,13-14H2,1H3,(H,28,32). The predicted octanol–water partition coefficient (Wildman–Crippen LogP) is 4.07. The van der Waals surface area contributed by atoms with E-state index < -0.39 is 35.3 Å². The third-order valence-corrected chi connectivity index (χ3v) is 5.64. The van der Waals surface area contributed by atoms with Crippen LogP contribution in [0.3, 0.4) is 0 Å². The third kappa shape index (κ3) is 4.36. The lowest BCUT2D eigenvalue weighted by molar-refractivity contribution is -0.137. The van der Waals surface area contributed by atoms with Gasteiger partial charge in [-0.2, -0.15) is 13.2 Å². The molecule has 0 aliphatic carbocycles. The van der Waals surface area contributed by atoms with Gasteiger partial charge in [0.25, 0.3) is 5.91 Å². The molecule has 0 radical (unpaired) electrons. The molecule has 3 aromatic rings. The molecule has 0 spiro atoms. The summed E-state index contributed by atoms with van der Waals surface area (Å²) in [6, 6.07) is 16.3. The van der Waals surface area contributed by atoms with Gasteiger partial charge in [0.05, 0.1) is 12.1 Å². The highest BCUT2D eigenvalue weighted by Gasteiger charge is 2.49. The third-order valence-electron chi connectivity index (χ3n) is 5.64. The summed E-state index contributed by atoms with van der Waals surface area (Å²) in [7, 11) is 0. The second kappa shape index (κ2) is 8.40. The smallest absolute Gasteiger partial charge is 0.416 e. The van der Waals surface area contributed by atoms with Crippen LogP contribution < -0.4 is 10.1 Å². The number of urea groups is 1. The Hall–Kier alpha value is -3.59. The second-order valence-electron chi connectivity index (χ2n) is 7.99. The Morgan fingerprint density at radius 1 is 1.03 bits per heavy atom. The number of β-amino-alcohol motifs (C(OH)–C–C–N with tert-alkyl or cyclic N) is 1. The fraction of sp³-hybridized carbons (Fsp3) is 0.250. The maximum absolute atomic E-state index is 13.0. The van der Waals surface area contributed by atoms with Gasteiger partial charge in [-0.1, -0.05) is 48.5 Å². The minimum atomic E-state index is -4.51. The predicted molar refractivity (Wildman–Crippen MR) is 114 cm³/mol. The van der Waals surface area contributed by atoms with Crippen molar-refractivity contribution in [2.24, 2.45) is 0 Å². The Labute approximate surface area is 187 Å². The summed E-state index contributed by atoms with van der Waals surface area (Å²) >= 11 is 0. The molecule has 0 saturated carbocycles. The van der Waals surface area contributed by atoms with Crippen LogP contribution in [-0.4, -0.2) is 41.2 Å². The molecule has 1 saturated heterocycles. The molecule has 172 valence electrons. The first-order chi connectivity index (χ1) is 15.6. The topological polar surface area (TPSA) is 78.9 Å². The van der Waals surface area contributed by atoms with Crippen LogP contribution in [0.4, 0.5) is 18.0 Å². The molecule has 2 atom stereocenters. The van der Waals surface area contributed by atoms with E-state index in [1.165, 1.54) is 6.92 Å². The van der Waals surface area contributed by atoms with E-state index in [1.807, 2.05) is 36.4 Å². The average Bonchev–Trinajstić information content (AvgIpc) is 3.01. The lowest BCUT2D eigenvalue weighted by Crippen LogP contribution is -2.42. The lowest BCUT2D eigenvalue weighted by atomic mass is 9.91. The molecule has 1 aliphatic heterocycles. The second-order valence-corrected chi connectivity index (χ2v) is 7.99. The van der Waals surface area contributed by atoms with Gasteiger partial charge < -0.3 is 15.2 Å². The molecule has 1 aliphatic rings. The minimum absolute atomic E-state index is 0.165. The van der Waals surface area contributed by atoms with Gasteiger partial charge in [0.1, 0.15) is 24.0 Å². The summed E-state index contributed by atoms with van der Waals surface area (Å²) in [5.74, 6) is -0.115. The van der Waals surface area contributed by atoms with Crippen molar-refractivity contribution in [1.29, 1.82) is 0 Å². The molecule has 0 bridgehead atoms. The number of hydrogen-bond donors (Lipinski definition) is 2. The summed E-state index contributed by atoms with van der Waals surface area (Å²) in [6.07, 6.45) is -5.68. The zero-order chi connectivity index (χ0) is 23.8. The Morgan fingerprint density at radius 3 is 2.39 bits per heavy atom. The SMILES string of the molecule is CC1(c2ccc(C(F)(F)F)cc2)NC(=O)N(CC(O)COc2cccc3ccccc23)C1=O. The summed E-state index contributed by atoms with van der Waals surface area (Å²) in [5, 5.41) is 14.8. The summed E-state index contributed by atoms with van der Waals surface area (Å²) in [5.41, 5.74) is -2.19. The normalized spacial score (nSPS) is 19.6. The van der Waals surface area contributed by atoms with Crippen LogP contribution in [0.25, 0.3) is 10.8 Å². The van der Waals surface area contributed by atoms with Crippen molar-refractivity contribution in [2.75, 3.05) is 13.2 Å². The van der Waals surface area contributed by atoms with Crippen LogP contribution in [0.1, 0.15) is 18.1 Å². The van der Waals surface area contributed by atoms with Gasteiger partial charge in [-0.15, -0.1) is 0 Å². The number of amides is 3. The van der Waals surface area contributed by atoms with Crippen LogP contribution in [0, 0.1) is 0 Å². The quantitative estimate of drug-likeness (QED) is 0.546. The van der Waals surface area contributed by atoms with E-state index in [4.69, 9.17) is 4.74 Å². The molecule has 6 nitrogen and oxygen atoms in total. The molecule has 33 heavy (non-hydrogen) atoms. The van der Waals surface area contributed by atoms with Crippen molar-refractivity contribution < 1.29 is 32.6 Å². The molecule has 0 aromatic heterocycles. The van der Waals surface area contributed by atoms with Crippen LogP contribution in [-0.2, 0) is 16.5 Å². The number of aliphatic hydroxyl groups excluding tert-OH is 1. The molecule has 3 aromatic carbocycles. The van der Waals surface area contributed by atoms with E-state index in [9.17, 15) is 27.9 Å². The number of ether oxygens (including phenoxy) is 1. The first kappa shape index (κ1) is 22.6. The fourth-order valence-corrected chi connectivity index (χ4v) is 3.82. The Balaban J connectivity index is 1.44. The Kier molecular flexibility index (Phi) is 5.75. The lowest BCUT2D eigenvalue weighted by Gasteiger charge is -2.23. The number of rotatable bonds is 6. The van der Waals surface area contributed by atoms with Crippen molar-refractivity contribution in [3.05, 3.63) is 77.9 Å². The molecule has 1 fully saturated rings. The maximum atomic E-state index is 13.0. The zero-order valence-corrected chi connectivity index (χ0v) is 17.6. The van der Waals surface area contributed by atoms with Gasteiger partial charge in [-0.05, 0) is 36.1 Å². The van der Waals surface area contributed by atoms with Crippen LogP contribution in [0.2, 0.25) is 0 Å². The number of benzene rings is 3. The highest BCUT2D eigenvalue weighted by molar-refractivity contribution is 6.07. The number of nitrogens with zero attached hydrogens (tertiary/aromatic N) is 1. The monoisotopic (exact) mass is 458 g/mol. The molecule has 2 unspecified atom stereocenters. The van der Waals surface area contributed by atoms with Gasteiger partial charge in [0, 0.05) is 5.39 Å². The minimum Gasteiger partial charge on any atom is -0.490 e. The summed E-state index contributed by atoms with van der Waals surface area (Å²) in [4.78, 5) is 26.3. The molecule has 1 heterocycles. The number of alkyl halides is 3. The first-order valence-electron chi connectivity index (χ1n) is 10.2. The van der Waals surface area contributed by atoms with Gasteiger partial charge in [-0.3, -0.25) is 9.69 Å². The highest BCUT2D eigenvalue weighted by Crippen LogP contribution is 2.33. The van der Waals surface area contributed by atoms with E-state index in [-0.39, 0.29) is 18.7 Å². The number of nitrogens with one attached hydrogen (secondary N) is 1. The van der Waals surface area contributed by atoms with Crippen molar-refractivity contribution in [3.63, 3.8) is 0 Å². The highest BCUT2D eigenvalue weighted by atomic mass is 19.4. The van der Waals surface area contributed by atoms with E-state index in [0.717, 1.165) is 39.9 Å². The average molecular weight is 458 g/mol. The van der Waals surface area contributed by atoms with Gasteiger partial charge >= 0.3 is 12.2 Å². The molecular weight excluding hydrogens is 437 g/mol. The van der Waals surface area contributed by atoms with Crippen molar-refractivity contribution in [1.82, 2.24) is 10.2 Å². The van der Waals surface area contributed by atoms with Gasteiger partial charge in [0.2, 0.25) is 0 Å². The van der Waals surface area contributed by atoms with Crippen molar-refractivity contribution >= 4 is 22.7 Å². The van der Waals surface area contributed by atoms with Crippen LogP contribution in [0.5, 0.6) is 5.75 Å². The van der Waals surface area contributed by atoms with Crippen molar-refractivity contribution in [2.45, 2.75) is 24.7 Å². The molecule has 9 heteroatoms. The Morgan fingerprint density at radius 2 is 1.70 bits per heavy atom. The number of imide groups is 1. The number of carbonyl (C=O) groups excluding carboxylic acids is 2. The molecule has 4 rings (SSSR count). The van der Waals surface area contributed by atoms with E-state index in [0.29, 0.717) is 5.75 Å². The van der Waals surface area contributed by atoms with E-state index >= 15 is 0 Å².